The number of halogens is 1. The molecule has 180 valence electrons. The van der Waals surface area contributed by atoms with Crippen LogP contribution < -0.4 is 9.80 Å². The molecule has 1 unspecified atom stereocenters. The van der Waals surface area contributed by atoms with Crippen molar-refractivity contribution in [2.45, 2.75) is 18.9 Å². The normalized spacial score (nSPS) is 18.1. The Morgan fingerprint density at radius 1 is 1.20 bits per heavy atom. The van der Waals surface area contributed by atoms with Gasteiger partial charge in [-0.15, -0.1) is 0 Å². The number of nitriles is 1. The van der Waals surface area contributed by atoms with Crippen molar-refractivity contribution in [2.75, 3.05) is 56.7 Å². The second-order valence-corrected chi connectivity index (χ2v) is 9.09. The molecule has 0 saturated carbocycles. The molecule has 2 aliphatic heterocycles. The van der Waals surface area contributed by atoms with E-state index in [1.165, 1.54) is 12.1 Å². The zero-order valence-corrected chi connectivity index (χ0v) is 19.9. The molecule has 35 heavy (non-hydrogen) atoms. The number of nitrogens with zero attached hydrogens (tertiary/aromatic N) is 6. The lowest BCUT2D eigenvalue weighted by atomic mass is 9.98. The number of benzene rings is 2. The number of fused-ring (bicyclic) bond motifs is 1. The van der Waals surface area contributed by atoms with Crippen LogP contribution in [0.5, 0.6) is 0 Å². The van der Waals surface area contributed by atoms with Crippen LogP contribution in [-0.2, 0) is 4.74 Å². The number of carbonyl (C=O) groups excluding carboxylic acids is 1. The molecule has 1 amide bonds. The number of anilines is 2. The van der Waals surface area contributed by atoms with Crippen LogP contribution in [-0.4, -0.2) is 67.7 Å². The molecule has 1 atom stereocenters. The average Bonchev–Trinajstić information content (AvgIpc) is 3.37. The molecule has 1 aromatic heterocycles. The minimum atomic E-state index is -0.536. The molecule has 2 saturated heterocycles. The van der Waals surface area contributed by atoms with Gasteiger partial charge in [-0.3, -0.25) is 9.78 Å². The Kier molecular flexibility index (Phi) is 6.22. The zero-order chi connectivity index (χ0) is 24.5. The van der Waals surface area contributed by atoms with Gasteiger partial charge in [-0.2, -0.15) is 5.26 Å². The lowest BCUT2D eigenvalue weighted by Crippen LogP contribution is -2.36. The Morgan fingerprint density at radius 3 is 2.71 bits per heavy atom. The van der Waals surface area contributed by atoms with Crippen LogP contribution in [0.4, 0.5) is 15.9 Å². The van der Waals surface area contributed by atoms with Crippen LogP contribution >= 0.6 is 0 Å². The summed E-state index contributed by atoms with van der Waals surface area (Å²) in [5.41, 5.74) is 3.58. The third-order valence-electron chi connectivity index (χ3n) is 6.67. The van der Waals surface area contributed by atoms with Crippen LogP contribution in [0.3, 0.4) is 0 Å². The van der Waals surface area contributed by atoms with Crippen LogP contribution in [0.25, 0.3) is 11.0 Å². The van der Waals surface area contributed by atoms with Gasteiger partial charge in [0.1, 0.15) is 17.7 Å². The highest BCUT2D eigenvalue weighted by Crippen LogP contribution is 2.39. The topological polar surface area (TPSA) is 85.6 Å². The van der Waals surface area contributed by atoms with Crippen LogP contribution in [0.1, 0.15) is 40.4 Å². The van der Waals surface area contributed by atoms with Crippen LogP contribution in [0, 0.1) is 17.1 Å². The molecule has 0 spiro atoms. The molecule has 5 rings (SSSR count). The van der Waals surface area contributed by atoms with Gasteiger partial charge in [0.2, 0.25) is 0 Å². The second-order valence-electron chi connectivity index (χ2n) is 9.09. The molecule has 0 bridgehead atoms. The molecule has 2 aliphatic rings. The number of hydrogen-bond acceptors (Lipinski definition) is 7. The van der Waals surface area contributed by atoms with Gasteiger partial charge >= 0.3 is 0 Å². The third-order valence-corrected chi connectivity index (χ3v) is 6.67. The van der Waals surface area contributed by atoms with Gasteiger partial charge in [0.15, 0.2) is 0 Å². The van der Waals surface area contributed by atoms with Crippen molar-refractivity contribution >= 4 is 28.4 Å². The highest BCUT2D eigenvalue weighted by Gasteiger charge is 2.30. The smallest absolute Gasteiger partial charge is 0.253 e. The van der Waals surface area contributed by atoms with Crippen molar-refractivity contribution < 1.29 is 13.9 Å². The van der Waals surface area contributed by atoms with Gasteiger partial charge in [-0.1, -0.05) is 0 Å². The molecule has 3 aromatic rings. The standard InChI is InChI=1S/C26H27FN6O2/c1-31(2)26(34)18-12-20(23-4-3-7-33(23)19-6-5-17(15-28)21(27)14-19)25-22(13-18)29-16-24(30-25)32-8-10-35-11-9-32/h5-6,12-14,16,23H,3-4,7-11H2,1-2H3. The number of rotatable bonds is 4. The van der Waals surface area contributed by atoms with E-state index in [1.807, 2.05) is 12.1 Å². The first-order valence-electron chi connectivity index (χ1n) is 11.8. The summed E-state index contributed by atoms with van der Waals surface area (Å²) in [6.45, 7) is 3.51. The van der Waals surface area contributed by atoms with Gasteiger partial charge in [0.25, 0.3) is 5.91 Å². The first kappa shape index (κ1) is 23.0. The summed E-state index contributed by atoms with van der Waals surface area (Å²) < 4.78 is 19.9. The lowest BCUT2D eigenvalue weighted by Gasteiger charge is -2.30. The molecule has 8 nitrogen and oxygen atoms in total. The second kappa shape index (κ2) is 9.47. The maximum Gasteiger partial charge on any atom is 0.253 e. The maximum absolute atomic E-state index is 14.5. The van der Waals surface area contributed by atoms with E-state index in [0.717, 1.165) is 49.4 Å². The van der Waals surface area contributed by atoms with E-state index >= 15 is 0 Å². The van der Waals surface area contributed by atoms with E-state index < -0.39 is 5.82 Å². The van der Waals surface area contributed by atoms with E-state index in [2.05, 4.69) is 9.80 Å². The Hall–Kier alpha value is -3.77. The summed E-state index contributed by atoms with van der Waals surface area (Å²) in [6.07, 6.45) is 3.50. The molecular formula is C26H27FN6O2. The predicted octanol–water partition coefficient (Wildman–Crippen LogP) is 3.52. The lowest BCUT2D eigenvalue weighted by molar-refractivity contribution is 0.0827. The fourth-order valence-electron chi connectivity index (χ4n) is 4.88. The van der Waals surface area contributed by atoms with Crippen molar-refractivity contribution in [3.63, 3.8) is 0 Å². The summed E-state index contributed by atoms with van der Waals surface area (Å²) in [4.78, 5) is 28.4. The fourth-order valence-corrected chi connectivity index (χ4v) is 4.88. The number of hydrogen-bond donors (Lipinski definition) is 0. The van der Waals surface area contributed by atoms with E-state index in [-0.39, 0.29) is 17.5 Å². The summed E-state index contributed by atoms with van der Waals surface area (Å²) in [5.74, 6) is 0.135. The maximum atomic E-state index is 14.5. The molecule has 2 fully saturated rings. The molecule has 0 N–H and O–H groups in total. The molecule has 9 heteroatoms. The number of morpholine rings is 1. The number of aromatic nitrogens is 2. The Bertz CT molecular complexity index is 1320. The quantitative estimate of drug-likeness (QED) is 0.572. The van der Waals surface area contributed by atoms with Gasteiger partial charge in [0, 0.05) is 50.5 Å². The first-order valence-corrected chi connectivity index (χ1v) is 11.8. The highest BCUT2D eigenvalue weighted by molar-refractivity contribution is 5.98. The van der Waals surface area contributed by atoms with Gasteiger partial charge < -0.3 is 19.4 Å². The fraction of sp³-hybridized carbons (Fsp3) is 0.385. The average molecular weight is 475 g/mol. The molecule has 0 radical (unpaired) electrons. The van der Waals surface area contributed by atoms with Gasteiger partial charge in [-0.05, 0) is 43.2 Å². The summed E-state index contributed by atoms with van der Waals surface area (Å²) in [7, 11) is 3.45. The van der Waals surface area contributed by atoms with Crippen molar-refractivity contribution in [3.8, 4) is 6.07 Å². The SMILES string of the molecule is CN(C)C(=O)c1cc(C2CCCN2c2ccc(C#N)c(F)c2)c2nc(N3CCOCC3)cnc2c1. The number of amides is 1. The number of ether oxygens (including phenoxy) is 1. The van der Waals surface area contributed by atoms with Crippen molar-refractivity contribution in [2.24, 2.45) is 0 Å². The predicted molar refractivity (Wildman–Crippen MR) is 131 cm³/mol. The largest absolute Gasteiger partial charge is 0.378 e. The van der Waals surface area contributed by atoms with E-state index in [9.17, 15) is 9.18 Å². The minimum absolute atomic E-state index is 0.0227. The monoisotopic (exact) mass is 474 g/mol. The van der Waals surface area contributed by atoms with E-state index in [1.54, 1.807) is 37.3 Å². The minimum Gasteiger partial charge on any atom is -0.378 e. The molecule has 2 aromatic carbocycles. The Balaban J connectivity index is 1.63. The third kappa shape index (κ3) is 4.37. The highest BCUT2D eigenvalue weighted by atomic mass is 19.1. The zero-order valence-electron chi connectivity index (χ0n) is 19.9. The molecule has 3 heterocycles. The van der Waals surface area contributed by atoms with Crippen molar-refractivity contribution in [1.82, 2.24) is 14.9 Å². The molecular weight excluding hydrogens is 447 g/mol. The van der Waals surface area contributed by atoms with Crippen molar-refractivity contribution in [1.29, 1.82) is 5.26 Å². The van der Waals surface area contributed by atoms with Crippen molar-refractivity contribution in [3.05, 3.63) is 59.0 Å². The summed E-state index contributed by atoms with van der Waals surface area (Å²) in [6, 6.07) is 10.2. The number of carbonyl (C=O) groups is 1. The summed E-state index contributed by atoms with van der Waals surface area (Å²) >= 11 is 0. The Morgan fingerprint density at radius 2 is 2.00 bits per heavy atom. The molecule has 0 aliphatic carbocycles. The Labute approximate surface area is 203 Å². The van der Waals surface area contributed by atoms with Gasteiger partial charge in [-0.25, -0.2) is 9.37 Å². The van der Waals surface area contributed by atoms with Crippen LogP contribution in [0.15, 0.2) is 36.5 Å². The van der Waals surface area contributed by atoms with Crippen LogP contribution in [0.2, 0.25) is 0 Å². The summed E-state index contributed by atoms with van der Waals surface area (Å²) in [5, 5.41) is 9.12. The first-order chi connectivity index (χ1) is 17.0. The van der Waals surface area contributed by atoms with E-state index in [0.29, 0.717) is 30.0 Å². The van der Waals surface area contributed by atoms with Gasteiger partial charge in [0.05, 0.1) is 42.0 Å². The van der Waals surface area contributed by atoms with E-state index in [4.69, 9.17) is 20.0 Å².